The van der Waals surface area contributed by atoms with E-state index in [9.17, 15) is 9.18 Å². The Bertz CT molecular complexity index is 663. The molecule has 1 aliphatic heterocycles. The van der Waals surface area contributed by atoms with Gasteiger partial charge in [0.25, 0.3) is 5.91 Å². The summed E-state index contributed by atoms with van der Waals surface area (Å²) in [5.41, 5.74) is 1.53. The molecule has 1 aliphatic rings. The molecule has 22 heavy (non-hydrogen) atoms. The number of thiazole rings is 1. The highest BCUT2D eigenvalue weighted by Crippen LogP contribution is 2.28. The van der Waals surface area contributed by atoms with Crippen molar-refractivity contribution in [2.24, 2.45) is 0 Å². The fraction of sp³-hybridized carbons (Fsp3) is 0.375. The molecular weight excluding hydrogens is 301 g/mol. The van der Waals surface area contributed by atoms with Crippen LogP contribution in [0.15, 0.2) is 24.3 Å². The van der Waals surface area contributed by atoms with E-state index in [4.69, 9.17) is 0 Å². The topological polar surface area (TPSA) is 54.0 Å². The number of halogens is 1. The second-order valence-corrected chi connectivity index (χ2v) is 6.44. The van der Waals surface area contributed by atoms with Gasteiger partial charge in [-0.3, -0.25) is 4.79 Å². The molecule has 2 heterocycles. The molecule has 1 saturated heterocycles. The Kier molecular flexibility index (Phi) is 4.49. The van der Waals surface area contributed by atoms with Crippen LogP contribution in [0, 0.1) is 12.7 Å². The second kappa shape index (κ2) is 6.54. The minimum atomic E-state index is -0.279. The fourth-order valence-corrected chi connectivity index (χ4v) is 3.54. The third-order valence-electron chi connectivity index (χ3n) is 3.77. The number of hydrogen-bond acceptors (Lipinski definition) is 4. The number of nitrogens with one attached hydrogen (secondary N) is 2. The van der Waals surface area contributed by atoms with Crippen molar-refractivity contribution >= 4 is 17.2 Å². The van der Waals surface area contributed by atoms with Gasteiger partial charge in [-0.1, -0.05) is 0 Å². The molecule has 2 aromatic rings. The number of nitrogens with zero attached hydrogens (tertiary/aromatic N) is 1. The molecular formula is C16H18FN3OS. The van der Waals surface area contributed by atoms with Crippen molar-refractivity contribution in [3.63, 3.8) is 0 Å². The fourth-order valence-electron chi connectivity index (χ4n) is 2.55. The van der Waals surface area contributed by atoms with Crippen molar-refractivity contribution in [3.05, 3.63) is 40.7 Å². The Morgan fingerprint density at radius 1 is 1.45 bits per heavy atom. The van der Waals surface area contributed by atoms with Gasteiger partial charge in [0, 0.05) is 18.2 Å². The lowest BCUT2D eigenvalue weighted by molar-refractivity contribution is 0.0953. The van der Waals surface area contributed by atoms with Crippen LogP contribution in [-0.4, -0.2) is 30.0 Å². The van der Waals surface area contributed by atoms with Gasteiger partial charge in [0.15, 0.2) is 0 Å². The third-order valence-corrected chi connectivity index (χ3v) is 4.97. The molecule has 3 rings (SSSR count). The zero-order valence-corrected chi connectivity index (χ0v) is 13.2. The zero-order valence-electron chi connectivity index (χ0n) is 12.4. The van der Waals surface area contributed by atoms with Crippen molar-refractivity contribution < 1.29 is 9.18 Å². The van der Waals surface area contributed by atoms with Crippen LogP contribution in [0.2, 0.25) is 0 Å². The van der Waals surface area contributed by atoms with Crippen molar-refractivity contribution in [2.75, 3.05) is 13.1 Å². The largest absolute Gasteiger partial charge is 0.350 e. The van der Waals surface area contributed by atoms with Crippen LogP contribution in [0.5, 0.6) is 0 Å². The Labute approximate surface area is 132 Å². The van der Waals surface area contributed by atoms with Gasteiger partial charge in [-0.15, -0.1) is 11.3 Å². The highest BCUT2D eigenvalue weighted by molar-refractivity contribution is 7.17. The minimum absolute atomic E-state index is 0.0861. The van der Waals surface area contributed by atoms with Crippen LogP contribution in [0.1, 0.15) is 28.2 Å². The summed E-state index contributed by atoms with van der Waals surface area (Å²) in [6, 6.07) is 6.53. The predicted molar refractivity (Wildman–Crippen MR) is 85.6 cm³/mol. The SMILES string of the molecule is Cc1nc(-c2ccc(F)cc2)sc1C(=O)NCC1CCCN1. The Hall–Kier alpha value is -1.79. The van der Waals surface area contributed by atoms with Crippen molar-refractivity contribution in [1.29, 1.82) is 0 Å². The van der Waals surface area contributed by atoms with Gasteiger partial charge in [-0.2, -0.15) is 0 Å². The van der Waals surface area contributed by atoms with E-state index in [1.165, 1.54) is 23.5 Å². The van der Waals surface area contributed by atoms with Crippen molar-refractivity contribution in [3.8, 4) is 10.6 Å². The number of amides is 1. The maximum atomic E-state index is 13.0. The number of hydrogen-bond donors (Lipinski definition) is 2. The molecule has 0 aliphatic carbocycles. The molecule has 0 bridgehead atoms. The van der Waals surface area contributed by atoms with Crippen LogP contribution < -0.4 is 10.6 Å². The average Bonchev–Trinajstić information content (AvgIpc) is 3.15. The second-order valence-electron chi connectivity index (χ2n) is 5.44. The molecule has 0 radical (unpaired) electrons. The van der Waals surface area contributed by atoms with Crippen molar-refractivity contribution in [2.45, 2.75) is 25.8 Å². The minimum Gasteiger partial charge on any atom is -0.350 e. The summed E-state index contributed by atoms with van der Waals surface area (Å²) in [5.74, 6) is -0.365. The first-order valence-corrected chi connectivity index (χ1v) is 8.20. The van der Waals surface area contributed by atoms with E-state index >= 15 is 0 Å². The highest BCUT2D eigenvalue weighted by Gasteiger charge is 2.19. The zero-order chi connectivity index (χ0) is 15.5. The van der Waals surface area contributed by atoms with Crippen molar-refractivity contribution in [1.82, 2.24) is 15.6 Å². The molecule has 1 aromatic heterocycles. The predicted octanol–water partition coefficient (Wildman–Crippen LogP) is 2.74. The van der Waals surface area contributed by atoms with Crippen LogP contribution >= 0.6 is 11.3 Å². The van der Waals surface area contributed by atoms with E-state index in [0.29, 0.717) is 23.2 Å². The van der Waals surface area contributed by atoms with E-state index in [1.54, 1.807) is 12.1 Å². The molecule has 6 heteroatoms. The molecule has 4 nitrogen and oxygen atoms in total. The first-order chi connectivity index (χ1) is 10.6. The van der Waals surface area contributed by atoms with E-state index in [0.717, 1.165) is 30.0 Å². The molecule has 116 valence electrons. The van der Waals surface area contributed by atoms with Crippen LogP contribution in [0.25, 0.3) is 10.6 Å². The summed E-state index contributed by atoms with van der Waals surface area (Å²) in [6.07, 6.45) is 2.26. The summed E-state index contributed by atoms with van der Waals surface area (Å²) in [4.78, 5) is 17.3. The Morgan fingerprint density at radius 3 is 2.91 bits per heavy atom. The van der Waals surface area contributed by atoms with E-state index in [2.05, 4.69) is 15.6 Å². The quantitative estimate of drug-likeness (QED) is 0.911. The van der Waals surface area contributed by atoms with Gasteiger partial charge >= 0.3 is 0 Å². The molecule has 1 fully saturated rings. The summed E-state index contributed by atoms with van der Waals surface area (Å²) in [5, 5.41) is 7.05. The molecule has 2 N–H and O–H groups in total. The maximum Gasteiger partial charge on any atom is 0.263 e. The van der Waals surface area contributed by atoms with E-state index < -0.39 is 0 Å². The van der Waals surface area contributed by atoms with Crippen LogP contribution in [0.4, 0.5) is 4.39 Å². The first kappa shape index (κ1) is 15.1. The van der Waals surface area contributed by atoms with Gasteiger partial charge in [0.2, 0.25) is 0 Å². The smallest absolute Gasteiger partial charge is 0.263 e. The molecule has 1 unspecified atom stereocenters. The van der Waals surface area contributed by atoms with Crippen LogP contribution in [0.3, 0.4) is 0 Å². The van der Waals surface area contributed by atoms with Gasteiger partial charge in [-0.25, -0.2) is 9.37 Å². The molecule has 1 amide bonds. The number of rotatable bonds is 4. The third kappa shape index (κ3) is 3.34. The van der Waals surface area contributed by atoms with Gasteiger partial charge < -0.3 is 10.6 Å². The van der Waals surface area contributed by atoms with Crippen LogP contribution in [-0.2, 0) is 0 Å². The number of carbonyl (C=O) groups excluding carboxylic acids is 1. The van der Waals surface area contributed by atoms with Gasteiger partial charge in [0.1, 0.15) is 15.7 Å². The van der Waals surface area contributed by atoms with E-state index in [-0.39, 0.29) is 11.7 Å². The number of aromatic nitrogens is 1. The first-order valence-electron chi connectivity index (χ1n) is 7.38. The Balaban J connectivity index is 1.71. The lowest BCUT2D eigenvalue weighted by Crippen LogP contribution is -2.37. The summed E-state index contributed by atoms with van der Waals surface area (Å²) >= 11 is 1.34. The molecule has 1 atom stereocenters. The summed E-state index contributed by atoms with van der Waals surface area (Å²) < 4.78 is 13.0. The normalized spacial score (nSPS) is 17.6. The standard InChI is InChI=1S/C16H18FN3OS/c1-10-14(15(21)19-9-13-3-2-8-18-13)22-16(20-10)11-4-6-12(17)7-5-11/h4-7,13,18H,2-3,8-9H2,1H3,(H,19,21). The maximum absolute atomic E-state index is 13.0. The number of aryl methyl sites for hydroxylation is 1. The molecule has 0 saturated carbocycles. The summed E-state index contributed by atoms with van der Waals surface area (Å²) in [7, 11) is 0. The Morgan fingerprint density at radius 2 is 2.23 bits per heavy atom. The highest BCUT2D eigenvalue weighted by atomic mass is 32.1. The average molecular weight is 319 g/mol. The van der Waals surface area contributed by atoms with E-state index in [1.807, 2.05) is 6.92 Å². The number of benzene rings is 1. The van der Waals surface area contributed by atoms with Gasteiger partial charge in [-0.05, 0) is 50.6 Å². The monoisotopic (exact) mass is 319 g/mol. The summed E-state index contributed by atoms with van der Waals surface area (Å²) in [6.45, 7) is 3.49. The molecule has 1 aromatic carbocycles. The lowest BCUT2D eigenvalue weighted by atomic mass is 10.2. The lowest BCUT2D eigenvalue weighted by Gasteiger charge is -2.10. The number of carbonyl (C=O) groups is 1. The molecule has 0 spiro atoms. The van der Waals surface area contributed by atoms with Gasteiger partial charge in [0.05, 0.1) is 5.69 Å².